The lowest BCUT2D eigenvalue weighted by atomic mass is 9.48. The minimum absolute atomic E-state index is 0.0154. The Morgan fingerprint density at radius 2 is 1.88 bits per heavy atom. The second-order valence-electron chi connectivity index (χ2n) is 9.21. The Hall–Kier alpha value is -1.20. The number of rotatable bonds is 3. The molecule has 3 aliphatic rings. The van der Waals surface area contributed by atoms with Gasteiger partial charge < -0.3 is 14.9 Å². The highest BCUT2D eigenvalue weighted by molar-refractivity contribution is 6.00. The lowest BCUT2D eigenvalue weighted by Gasteiger charge is -2.56. The van der Waals surface area contributed by atoms with Crippen LogP contribution in [0.25, 0.3) is 0 Å². The van der Waals surface area contributed by atoms with Crippen molar-refractivity contribution in [2.75, 3.05) is 6.61 Å². The summed E-state index contributed by atoms with van der Waals surface area (Å²) in [5, 5.41) is 21.3. The summed E-state index contributed by atoms with van der Waals surface area (Å²) in [6, 6.07) is 0. The number of ketones is 1. The van der Waals surface area contributed by atoms with Crippen molar-refractivity contribution >= 4 is 11.8 Å². The van der Waals surface area contributed by atoms with Crippen molar-refractivity contribution in [3.8, 4) is 0 Å². The normalized spacial score (nSPS) is 40.9. The third kappa shape index (κ3) is 2.95. The zero-order chi connectivity index (χ0) is 18.6. The first-order valence-corrected chi connectivity index (χ1v) is 9.31. The van der Waals surface area contributed by atoms with Crippen LogP contribution in [0, 0.1) is 16.7 Å². The Morgan fingerprint density at radius 3 is 2.48 bits per heavy atom. The van der Waals surface area contributed by atoms with Gasteiger partial charge in [0.1, 0.15) is 18.3 Å². The van der Waals surface area contributed by atoms with Gasteiger partial charge in [-0.2, -0.15) is 0 Å². The SMILES string of the molecule is CC1=C(CCC2(O)COC(=O)C2)[C@@]2(C)CCCC(C)(C)[C@@H]2[C@H](O)C1=O. The van der Waals surface area contributed by atoms with E-state index < -0.39 is 11.7 Å². The number of aliphatic hydroxyl groups excluding tert-OH is 1. The number of ether oxygens (including phenoxy) is 1. The molecule has 5 heteroatoms. The molecule has 0 aromatic rings. The summed E-state index contributed by atoms with van der Waals surface area (Å²) in [6.07, 6.45) is 3.01. The summed E-state index contributed by atoms with van der Waals surface area (Å²) in [5.41, 5.74) is 0.182. The second kappa shape index (κ2) is 5.92. The summed E-state index contributed by atoms with van der Waals surface area (Å²) in [4.78, 5) is 24.1. The molecule has 1 saturated carbocycles. The number of esters is 1. The molecule has 0 aromatic carbocycles. The predicted molar refractivity (Wildman–Crippen MR) is 92.7 cm³/mol. The van der Waals surface area contributed by atoms with Gasteiger partial charge in [-0.15, -0.1) is 0 Å². The molecule has 1 aliphatic heterocycles. The van der Waals surface area contributed by atoms with E-state index >= 15 is 0 Å². The zero-order valence-corrected chi connectivity index (χ0v) is 15.7. The molecule has 140 valence electrons. The molecule has 0 aromatic heterocycles. The van der Waals surface area contributed by atoms with Gasteiger partial charge in [-0.1, -0.05) is 32.8 Å². The van der Waals surface area contributed by atoms with Gasteiger partial charge >= 0.3 is 5.97 Å². The first-order valence-electron chi connectivity index (χ1n) is 9.31. The Morgan fingerprint density at radius 1 is 1.20 bits per heavy atom. The first-order chi connectivity index (χ1) is 11.5. The van der Waals surface area contributed by atoms with Gasteiger partial charge in [-0.05, 0) is 49.0 Å². The molecule has 0 radical (unpaired) electrons. The Kier molecular flexibility index (Phi) is 4.40. The number of Topliss-reactive ketones (excluding diaryl/α,β-unsaturated/α-hetero) is 1. The van der Waals surface area contributed by atoms with E-state index in [0.29, 0.717) is 18.4 Å². The fourth-order valence-corrected chi connectivity index (χ4v) is 5.73. The molecule has 5 nitrogen and oxygen atoms in total. The van der Waals surface area contributed by atoms with Crippen molar-refractivity contribution in [2.45, 2.75) is 77.9 Å². The van der Waals surface area contributed by atoms with E-state index in [1.54, 1.807) is 6.92 Å². The van der Waals surface area contributed by atoms with E-state index in [9.17, 15) is 19.8 Å². The zero-order valence-electron chi connectivity index (χ0n) is 15.7. The second-order valence-corrected chi connectivity index (χ2v) is 9.21. The van der Waals surface area contributed by atoms with E-state index in [1.807, 2.05) is 0 Å². The highest BCUT2D eigenvalue weighted by atomic mass is 16.6. The summed E-state index contributed by atoms with van der Waals surface area (Å²) >= 11 is 0. The summed E-state index contributed by atoms with van der Waals surface area (Å²) in [6.45, 7) is 8.26. The summed E-state index contributed by atoms with van der Waals surface area (Å²) in [5.74, 6) is -0.666. The molecule has 1 heterocycles. The summed E-state index contributed by atoms with van der Waals surface area (Å²) in [7, 11) is 0. The quantitative estimate of drug-likeness (QED) is 0.764. The van der Waals surface area contributed by atoms with Gasteiger partial charge in [0.05, 0.1) is 6.42 Å². The lowest BCUT2D eigenvalue weighted by Crippen LogP contribution is -2.55. The molecular weight excluding hydrogens is 320 g/mol. The molecule has 0 bridgehead atoms. The van der Waals surface area contributed by atoms with Crippen LogP contribution in [0.5, 0.6) is 0 Å². The van der Waals surface area contributed by atoms with Crippen molar-refractivity contribution in [1.29, 1.82) is 0 Å². The molecule has 2 N–H and O–H groups in total. The minimum Gasteiger partial charge on any atom is -0.463 e. The van der Waals surface area contributed by atoms with Crippen molar-refractivity contribution < 1.29 is 24.5 Å². The molecule has 4 atom stereocenters. The van der Waals surface area contributed by atoms with Crippen LogP contribution in [0.15, 0.2) is 11.1 Å². The molecular formula is C20H30O5. The van der Waals surface area contributed by atoms with Crippen LogP contribution in [-0.4, -0.2) is 40.3 Å². The van der Waals surface area contributed by atoms with E-state index in [-0.39, 0.29) is 41.5 Å². The first kappa shape index (κ1) is 18.6. The number of allylic oxidation sites excluding steroid dienone is 1. The highest BCUT2D eigenvalue weighted by Gasteiger charge is 2.56. The fourth-order valence-electron chi connectivity index (χ4n) is 5.73. The third-order valence-electron chi connectivity index (χ3n) is 6.96. The standard InChI is InChI=1S/C20H30O5/c1-12-13(6-9-20(24)10-14(21)25-11-20)19(4)8-5-7-18(2,3)17(19)16(23)15(12)22/h16-17,23-24H,5-11H2,1-4H3/t16-,17+,19-,20?/m1/s1. The van der Waals surface area contributed by atoms with Crippen molar-refractivity contribution in [3.05, 3.63) is 11.1 Å². The molecule has 2 aliphatic carbocycles. The monoisotopic (exact) mass is 350 g/mol. The predicted octanol–water partition coefficient (Wildman–Crippen LogP) is 2.54. The molecule has 1 unspecified atom stereocenters. The number of hydrogen-bond acceptors (Lipinski definition) is 5. The van der Waals surface area contributed by atoms with E-state index in [4.69, 9.17) is 4.74 Å². The van der Waals surface area contributed by atoms with Crippen LogP contribution in [-0.2, 0) is 14.3 Å². The van der Waals surface area contributed by atoms with Gasteiger partial charge in [-0.3, -0.25) is 9.59 Å². The van der Waals surface area contributed by atoms with E-state index in [1.165, 1.54) is 0 Å². The van der Waals surface area contributed by atoms with Crippen molar-refractivity contribution in [1.82, 2.24) is 0 Å². The third-order valence-corrected chi connectivity index (χ3v) is 6.96. The largest absolute Gasteiger partial charge is 0.463 e. The molecule has 3 rings (SSSR count). The molecule has 2 fully saturated rings. The van der Waals surface area contributed by atoms with Gasteiger partial charge in [-0.25, -0.2) is 0 Å². The van der Waals surface area contributed by atoms with Crippen LogP contribution in [0.4, 0.5) is 0 Å². The number of carbonyl (C=O) groups is 2. The van der Waals surface area contributed by atoms with Gasteiger partial charge in [0.15, 0.2) is 5.78 Å². The van der Waals surface area contributed by atoms with Crippen LogP contribution in [0.1, 0.15) is 66.2 Å². The van der Waals surface area contributed by atoms with Gasteiger partial charge in [0.2, 0.25) is 0 Å². The topological polar surface area (TPSA) is 83.8 Å². The maximum absolute atomic E-state index is 12.7. The summed E-state index contributed by atoms with van der Waals surface area (Å²) < 4.78 is 4.93. The Labute approximate surface area is 149 Å². The number of hydrogen-bond donors (Lipinski definition) is 2. The molecule has 1 saturated heterocycles. The average Bonchev–Trinajstić information content (AvgIpc) is 2.83. The van der Waals surface area contributed by atoms with Crippen LogP contribution in [0.2, 0.25) is 0 Å². The molecule has 25 heavy (non-hydrogen) atoms. The number of fused-ring (bicyclic) bond motifs is 1. The number of aliphatic hydroxyl groups is 2. The van der Waals surface area contributed by atoms with Crippen LogP contribution in [0.3, 0.4) is 0 Å². The smallest absolute Gasteiger partial charge is 0.308 e. The fraction of sp³-hybridized carbons (Fsp3) is 0.800. The van der Waals surface area contributed by atoms with Gasteiger partial charge in [0, 0.05) is 5.92 Å². The van der Waals surface area contributed by atoms with Crippen molar-refractivity contribution in [2.24, 2.45) is 16.7 Å². The van der Waals surface area contributed by atoms with Gasteiger partial charge in [0.25, 0.3) is 0 Å². The number of carbonyl (C=O) groups excluding carboxylic acids is 2. The maximum atomic E-state index is 12.7. The average molecular weight is 350 g/mol. The maximum Gasteiger partial charge on any atom is 0.308 e. The Bertz CT molecular complexity index is 634. The molecule has 0 amide bonds. The lowest BCUT2D eigenvalue weighted by molar-refractivity contribution is -0.140. The van der Waals surface area contributed by atoms with Crippen LogP contribution < -0.4 is 0 Å². The highest BCUT2D eigenvalue weighted by Crippen LogP contribution is 2.59. The van der Waals surface area contributed by atoms with E-state index in [2.05, 4.69) is 20.8 Å². The number of cyclic esters (lactones) is 1. The Balaban J connectivity index is 1.93. The van der Waals surface area contributed by atoms with Crippen LogP contribution >= 0.6 is 0 Å². The van der Waals surface area contributed by atoms with Crippen molar-refractivity contribution in [3.63, 3.8) is 0 Å². The minimum atomic E-state index is -1.14. The van der Waals surface area contributed by atoms with E-state index in [0.717, 1.165) is 24.8 Å². The molecule has 0 spiro atoms.